The minimum absolute atomic E-state index is 0.368. The van der Waals surface area contributed by atoms with Gasteiger partial charge in [-0.15, -0.1) is 0 Å². The third-order valence-corrected chi connectivity index (χ3v) is 2.93. The summed E-state index contributed by atoms with van der Waals surface area (Å²) in [4.78, 5) is 11.0. The van der Waals surface area contributed by atoms with Gasteiger partial charge in [0.05, 0.1) is 11.0 Å². The van der Waals surface area contributed by atoms with E-state index in [4.69, 9.17) is 15.6 Å². The summed E-state index contributed by atoms with van der Waals surface area (Å²) in [5, 5.41) is 9.04. The van der Waals surface area contributed by atoms with E-state index < -0.39 is 11.4 Å². The average molecular weight is 217 g/mol. The van der Waals surface area contributed by atoms with Gasteiger partial charge >= 0.3 is 5.97 Å². The summed E-state index contributed by atoms with van der Waals surface area (Å²) in [6.45, 7) is 8.29. The zero-order chi connectivity index (χ0) is 12.1. The van der Waals surface area contributed by atoms with Crippen molar-refractivity contribution >= 4 is 5.97 Å². The summed E-state index contributed by atoms with van der Waals surface area (Å²) < 4.78 is 5.54. The number of ether oxygens (including phenoxy) is 1. The summed E-state index contributed by atoms with van der Waals surface area (Å²) in [5.74, 6) is -0.765. The molecule has 1 atom stereocenters. The molecule has 4 heteroatoms. The first kappa shape index (κ1) is 14.4. The van der Waals surface area contributed by atoms with Crippen molar-refractivity contribution < 1.29 is 14.6 Å². The third kappa shape index (κ3) is 4.62. The molecule has 0 aliphatic heterocycles. The fourth-order valence-electron chi connectivity index (χ4n) is 1.05. The first-order valence-corrected chi connectivity index (χ1v) is 5.35. The van der Waals surface area contributed by atoms with E-state index in [1.807, 2.05) is 20.8 Å². The highest BCUT2D eigenvalue weighted by atomic mass is 16.5. The summed E-state index contributed by atoms with van der Waals surface area (Å²) in [6.07, 6.45) is 1.12. The van der Waals surface area contributed by atoms with Gasteiger partial charge in [0, 0.05) is 13.2 Å². The van der Waals surface area contributed by atoms with Gasteiger partial charge in [-0.3, -0.25) is 4.79 Å². The van der Waals surface area contributed by atoms with Crippen molar-refractivity contribution in [2.45, 2.75) is 46.1 Å². The number of carbonyl (C=O) groups is 1. The molecule has 1 unspecified atom stereocenters. The van der Waals surface area contributed by atoms with Crippen LogP contribution < -0.4 is 5.73 Å². The molecular weight excluding hydrogens is 194 g/mol. The van der Waals surface area contributed by atoms with Gasteiger partial charge in [-0.25, -0.2) is 0 Å². The molecule has 0 aliphatic carbocycles. The standard InChI is InChI=1S/C11H23NO3/c1-5-11(4,9(13)14)6-7-15-10(2,3)8-12/h5-8,12H2,1-4H3,(H,13,14). The predicted octanol–water partition coefficient (Wildman–Crippen LogP) is 1.63. The lowest BCUT2D eigenvalue weighted by Gasteiger charge is -2.27. The fourth-order valence-corrected chi connectivity index (χ4v) is 1.05. The number of hydrogen-bond donors (Lipinski definition) is 2. The highest BCUT2D eigenvalue weighted by Gasteiger charge is 2.31. The Morgan fingerprint density at radius 1 is 1.40 bits per heavy atom. The lowest BCUT2D eigenvalue weighted by atomic mass is 9.84. The molecule has 0 saturated carbocycles. The minimum Gasteiger partial charge on any atom is -0.481 e. The van der Waals surface area contributed by atoms with Crippen molar-refractivity contribution in [1.29, 1.82) is 0 Å². The highest BCUT2D eigenvalue weighted by Crippen LogP contribution is 2.26. The van der Waals surface area contributed by atoms with Crippen LogP contribution in [0.3, 0.4) is 0 Å². The van der Waals surface area contributed by atoms with E-state index in [-0.39, 0.29) is 5.60 Å². The number of rotatable bonds is 7. The van der Waals surface area contributed by atoms with Crippen molar-refractivity contribution in [2.75, 3.05) is 13.2 Å². The average Bonchev–Trinajstić information content (AvgIpc) is 2.17. The molecule has 0 aromatic carbocycles. The zero-order valence-electron chi connectivity index (χ0n) is 10.2. The topological polar surface area (TPSA) is 72.5 Å². The van der Waals surface area contributed by atoms with Crippen LogP contribution in [0.25, 0.3) is 0 Å². The van der Waals surface area contributed by atoms with E-state index in [0.29, 0.717) is 26.0 Å². The van der Waals surface area contributed by atoms with E-state index >= 15 is 0 Å². The quantitative estimate of drug-likeness (QED) is 0.680. The SMILES string of the molecule is CCC(C)(CCOC(C)(C)CN)C(=O)O. The van der Waals surface area contributed by atoms with E-state index in [1.165, 1.54) is 0 Å². The molecule has 0 aromatic rings. The van der Waals surface area contributed by atoms with Crippen LogP contribution in [-0.2, 0) is 9.53 Å². The van der Waals surface area contributed by atoms with Crippen LogP contribution in [0.5, 0.6) is 0 Å². The molecule has 0 heterocycles. The third-order valence-electron chi connectivity index (χ3n) is 2.93. The first-order chi connectivity index (χ1) is 6.77. The van der Waals surface area contributed by atoms with Crippen LogP contribution >= 0.6 is 0 Å². The van der Waals surface area contributed by atoms with Crippen LogP contribution in [-0.4, -0.2) is 29.8 Å². The first-order valence-electron chi connectivity index (χ1n) is 5.35. The van der Waals surface area contributed by atoms with Gasteiger partial charge in [-0.2, -0.15) is 0 Å². The Morgan fingerprint density at radius 2 is 1.93 bits per heavy atom. The lowest BCUT2D eigenvalue weighted by molar-refractivity contribution is -0.150. The van der Waals surface area contributed by atoms with Crippen molar-refractivity contribution in [1.82, 2.24) is 0 Å². The molecule has 90 valence electrons. The highest BCUT2D eigenvalue weighted by molar-refractivity contribution is 5.73. The summed E-state index contributed by atoms with van der Waals surface area (Å²) in [6, 6.07) is 0. The van der Waals surface area contributed by atoms with Gasteiger partial charge in [0.2, 0.25) is 0 Å². The molecule has 15 heavy (non-hydrogen) atoms. The largest absolute Gasteiger partial charge is 0.481 e. The molecule has 4 nitrogen and oxygen atoms in total. The van der Waals surface area contributed by atoms with Crippen molar-refractivity contribution in [3.63, 3.8) is 0 Å². The van der Waals surface area contributed by atoms with Crippen molar-refractivity contribution in [3.8, 4) is 0 Å². The summed E-state index contributed by atoms with van der Waals surface area (Å²) in [7, 11) is 0. The Balaban J connectivity index is 4.09. The van der Waals surface area contributed by atoms with E-state index in [9.17, 15) is 4.79 Å². The second kappa shape index (κ2) is 5.47. The van der Waals surface area contributed by atoms with E-state index in [2.05, 4.69) is 0 Å². The fraction of sp³-hybridized carbons (Fsp3) is 0.909. The normalized spacial score (nSPS) is 16.1. The predicted molar refractivity (Wildman–Crippen MR) is 59.7 cm³/mol. The second-order valence-corrected chi connectivity index (χ2v) is 4.78. The van der Waals surface area contributed by atoms with E-state index in [0.717, 1.165) is 0 Å². The Bertz CT molecular complexity index is 216. The molecule has 0 fully saturated rings. The van der Waals surface area contributed by atoms with Crippen LogP contribution in [0.4, 0.5) is 0 Å². The molecule has 0 radical (unpaired) electrons. The Morgan fingerprint density at radius 3 is 2.27 bits per heavy atom. The molecule has 0 spiro atoms. The van der Waals surface area contributed by atoms with Gasteiger partial charge in [0.1, 0.15) is 0 Å². The molecule has 3 N–H and O–H groups in total. The van der Waals surface area contributed by atoms with Crippen LogP contribution in [0.15, 0.2) is 0 Å². The number of hydrogen-bond acceptors (Lipinski definition) is 3. The number of nitrogens with two attached hydrogens (primary N) is 1. The Labute approximate surface area is 91.8 Å². The summed E-state index contributed by atoms with van der Waals surface area (Å²) >= 11 is 0. The molecule has 0 aromatic heterocycles. The van der Waals surface area contributed by atoms with Crippen LogP contribution in [0, 0.1) is 5.41 Å². The smallest absolute Gasteiger partial charge is 0.309 e. The molecule has 0 aliphatic rings. The van der Waals surface area contributed by atoms with Crippen LogP contribution in [0.1, 0.15) is 40.5 Å². The van der Waals surface area contributed by atoms with Gasteiger partial charge in [0.25, 0.3) is 0 Å². The maximum atomic E-state index is 11.0. The monoisotopic (exact) mass is 217 g/mol. The second-order valence-electron chi connectivity index (χ2n) is 4.78. The molecule has 0 rings (SSSR count). The van der Waals surface area contributed by atoms with Crippen molar-refractivity contribution in [3.05, 3.63) is 0 Å². The molecule has 0 amide bonds. The van der Waals surface area contributed by atoms with Gasteiger partial charge < -0.3 is 15.6 Å². The number of aliphatic carboxylic acids is 1. The number of carboxylic acids is 1. The van der Waals surface area contributed by atoms with Crippen molar-refractivity contribution in [2.24, 2.45) is 11.1 Å². The molecule has 0 saturated heterocycles. The maximum Gasteiger partial charge on any atom is 0.309 e. The number of carboxylic acid groups (broad SMARTS) is 1. The van der Waals surface area contributed by atoms with Crippen LogP contribution in [0.2, 0.25) is 0 Å². The Hall–Kier alpha value is -0.610. The minimum atomic E-state index is -0.765. The van der Waals surface area contributed by atoms with E-state index in [1.54, 1.807) is 6.92 Å². The zero-order valence-corrected chi connectivity index (χ0v) is 10.2. The van der Waals surface area contributed by atoms with Gasteiger partial charge in [0.15, 0.2) is 0 Å². The van der Waals surface area contributed by atoms with Gasteiger partial charge in [-0.1, -0.05) is 6.92 Å². The molecular formula is C11H23NO3. The summed E-state index contributed by atoms with van der Waals surface area (Å²) in [5.41, 5.74) is 4.45. The molecule has 0 bridgehead atoms. The lowest BCUT2D eigenvalue weighted by Crippen LogP contribution is -2.36. The Kier molecular flexibility index (Phi) is 5.24. The van der Waals surface area contributed by atoms with Gasteiger partial charge in [-0.05, 0) is 33.6 Å². The maximum absolute atomic E-state index is 11.0.